The summed E-state index contributed by atoms with van der Waals surface area (Å²) in [7, 11) is 4.61. The van der Waals surface area contributed by atoms with Gasteiger partial charge in [-0.15, -0.1) is 0 Å². The predicted molar refractivity (Wildman–Crippen MR) is 226 cm³/mol. The van der Waals surface area contributed by atoms with E-state index in [-0.39, 0.29) is 31.8 Å². The number of carbonyl (C=O) groups is 2. The molecule has 0 unspecified atom stereocenters. The number of carbonyl (C=O) groups excluding carboxylic acids is 2. The van der Waals surface area contributed by atoms with Gasteiger partial charge in [-0.05, 0) is 98.8 Å². The summed E-state index contributed by atoms with van der Waals surface area (Å²) in [6, 6.07) is 0. The summed E-state index contributed by atoms with van der Waals surface area (Å²) in [5.74, 6) is -1.69. The highest BCUT2D eigenvalue weighted by atomic mass is 16.8. The number of hydrogen-bond donors (Lipinski definition) is 5. The first-order chi connectivity index (χ1) is 30.1. The maximum Gasteiger partial charge on any atom is 0.333 e. The minimum Gasteiger partial charge on any atom is -0.458 e. The van der Waals surface area contributed by atoms with Gasteiger partial charge in [-0.25, -0.2) is 4.79 Å². The fourth-order valence-electron chi connectivity index (χ4n) is 12.8. The van der Waals surface area contributed by atoms with Gasteiger partial charge in [-0.2, -0.15) is 0 Å². The lowest BCUT2D eigenvalue weighted by Gasteiger charge is -2.67. The van der Waals surface area contributed by atoms with Crippen LogP contribution in [0.3, 0.4) is 0 Å². The Morgan fingerprint density at radius 2 is 1.38 bits per heavy atom. The van der Waals surface area contributed by atoms with E-state index < -0.39 is 131 Å². The number of ether oxygens (including phenoxy) is 10. The highest BCUT2D eigenvalue weighted by molar-refractivity contribution is 5.89. The van der Waals surface area contributed by atoms with Crippen molar-refractivity contribution in [3.05, 3.63) is 23.3 Å². The molecular formula is C47H74O17. The van der Waals surface area contributed by atoms with E-state index >= 15 is 0 Å². The van der Waals surface area contributed by atoms with Crippen LogP contribution < -0.4 is 0 Å². The minimum atomic E-state index is -2.02. The molecule has 7 rings (SSSR count). The topological polar surface area (TPSA) is 228 Å². The molecule has 0 radical (unpaired) electrons. The van der Waals surface area contributed by atoms with Crippen LogP contribution in [0.2, 0.25) is 0 Å². The third-order valence-electron chi connectivity index (χ3n) is 17.0. The number of esters is 1. The molecule has 21 atom stereocenters. The first-order valence-electron chi connectivity index (χ1n) is 23.2. The Kier molecular flexibility index (Phi) is 14.5. The zero-order chi connectivity index (χ0) is 46.9. The second-order valence-electron chi connectivity index (χ2n) is 20.1. The van der Waals surface area contributed by atoms with Crippen molar-refractivity contribution in [2.45, 2.75) is 222 Å². The van der Waals surface area contributed by atoms with Crippen LogP contribution in [0.15, 0.2) is 23.3 Å². The van der Waals surface area contributed by atoms with Gasteiger partial charge in [0.1, 0.15) is 53.4 Å². The van der Waals surface area contributed by atoms with Crippen molar-refractivity contribution in [3.8, 4) is 0 Å². The van der Waals surface area contributed by atoms with Crippen LogP contribution in [-0.4, -0.2) is 168 Å². The molecule has 364 valence electrons. The average molecular weight is 911 g/mol. The van der Waals surface area contributed by atoms with Crippen LogP contribution in [0, 0.1) is 16.7 Å². The molecule has 3 saturated heterocycles. The number of aliphatic hydroxyl groups is 5. The van der Waals surface area contributed by atoms with Crippen LogP contribution >= 0.6 is 0 Å². The van der Waals surface area contributed by atoms with E-state index in [1.54, 1.807) is 48.0 Å². The van der Waals surface area contributed by atoms with Gasteiger partial charge in [0, 0.05) is 45.7 Å². The third-order valence-corrected chi connectivity index (χ3v) is 17.0. The van der Waals surface area contributed by atoms with E-state index in [0.29, 0.717) is 37.7 Å². The number of Topliss-reactive ketones (excluding diaryl/α,β-unsaturated/α-hetero) is 1. The fraction of sp³-hybridized carbons (Fsp3) is 0.872. The molecule has 3 saturated carbocycles. The van der Waals surface area contributed by atoms with E-state index in [1.165, 1.54) is 14.0 Å². The van der Waals surface area contributed by atoms with Gasteiger partial charge in [-0.1, -0.05) is 24.6 Å². The normalized spacial score (nSPS) is 50.8. The number of methoxy groups -OCH3 is 3. The van der Waals surface area contributed by atoms with Gasteiger partial charge in [0.2, 0.25) is 0 Å². The van der Waals surface area contributed by atoms with Crippen LogP contribution in [0.1, 0.15) is 113 Å². The molecule has 4 aliphatic carbocycles. The summed E-state index contributed by atoms with van der Waals surface area (Å²) in [5.41, 5.74) is -6.53. The Labute approximate surface area is 377 Å². The first-order valence-corrected chi connectivity index (χ1v) is 23.2. The van der Waals surface area contributed by atoms with E-state index in [2.05, 4.69) is 6.92 Å². The molecule has 17 heteroatoms. The second kappa shape index (κ2) is 18.5. The molecule has 17 nitrogen and oxygen atoms in total. The Morgan fingerprint density at radius 3 is 1.95 bits per heavy atom. The van der Waals surface area contributed by atoms with Gasteiger partial charge < -0.3 is 72.9 Å². The zero-order valence-electron chi connectivity index (χ0n) is 39.4. The molecule has 0 bridgehead atoms. The van der Waals surface area contributed by atoms with E-state index in [0.717, 1.165) is 5.57 Å². The Bertz CT molecular complexity index is 1770. The summed E-state index contributed by atoms with van der Waals surface area (Å²) in [5, 5.41) is 59.0. The fourth-order valence-corrected chi connectivity index (χ4v) is 12.8. The number of rotatable bonds is 12. The highest BCUT2D eigenvalue weighted by Gasteiger charge is 2.81. The van der Waals surface area contributed by atoms with Crippen molar-refractivity contribution in [2.24, 2.45) is 16.7 Å². The highest BCUT2D eigenvalue weighted by Crippen LogP contribution is 2.71. The molecule has 6 fully saturated rings. The molecule has 0 amide bonds. The third kappa shape index (κ3) is 7.98. The van der Waals surface area contributed by atoms with Gasteiger partial charge in [0.05, 0.1) is 42.0 Å². The Morgan fingerprint density at radius 1 is 0.766 bits per heavy atom. The average Bonchev–Trinajstić information content (AvgIpc) is 3.49. The minimum absolute atomic E-state index is 0.0348. The monoisotopic (exact) mass is 910 g/mol. The molecule has 0 aromatic rings. The van der Waals surface area contributed by atoms with Gasteiger partial charge >= 0.3 is 5.97 Å². The van der Waals surface area contributed by atoms with E-state index in [1.807, 2.05) is 19.9 Å². The van der Waals surface area contributed by atoms with Gasteiger partial charge in [-0.3, -0.25) is 4.79 Å². The van der Waals surface area contributed by atoms with E-state index in [9.17, 15) is 35.1 Å². The maximum atomic E-state index is 13.3. The van der Waals surface area contributed by atoms with Crippen molar-refractivity contribution in [1.29, 1.82) is 0 Å². The molecule has 0 aromatic carbocycles. The number of ketones is 1. The maximum absolute atomic E-state index is 13.3. The van der Waals surface area contributed by atoms with Crippen molar-refractivity contribution < 1.29 is 82.5 Å². The quantitative estimate of drug-likeness (QED) is 0.108. The van der Waals surface area contributed by atoms with Crippen LogP contribution in [0.5, 0.6) is 0 Å². The summed E-state index contributed by atoms with van der Waals surface area (Å²) in [4.78, 5) is 26.5. The van der Waals surface area contributed by atoms with Gasteiger partial charge in [0.25, 0.3) is 0 Å². The summed E-state index contributed by atoms with van der Waals surface area (Å²) in [6.07, 6.45) is -4.29. The summed E-state index contributed by atoms with van der Waals surface area (Å²) < 4.78 is 61.4. The Balaban J connectivity index is 1.01. The molecule has 3 heterocycles. The van der Waals surface area contributed by atoms with E-state index in [4.69, 9.17) is 47.4 Å². The molecular weight excluding hydrogens is 836 g/mol. The molecule has 5 N–H and O–H groups in total. The molecule has 0 spiro atoms. The van der Waals surface area contributed by atoms with Crippen LogP contribution in [-0.2, 0) is 57.0 Å². The van der Waals surface area contributed by atoms with Gasteiger partial charge in [0.15, 0.2) is 24.7 Å². The Hall–Kier alpha value is -1.94. The van der Waals surface area contributed by atoms with Crippen molar-refractivity contribution in [1.82, 2.24) is 0 Å². The summed E-state index contributed by atoms with van der Waals surface area (Å²) >= 11 is 0. The lowest BCUT2D eigenvalue weighted by Crippen LogP contribution is -2.78. The standard InChI is InChI=1S/C47H74O17/c1-12-23(2)41(51)62-33-22-32-43(7)15-14-29(19-28(43)13-16-46(32,53)47(54)18-17-45(52,27(6)48)44(33,47)8)61-34-20-30(55-9)38(25(4)58-34)63-35-21-31(56-10)39(26(5)59-35)64-42-37(50)40(57-11)36(49)24(3)60-42/h12-13,24-26,29-40,42,49-50,52-54H,14-22H2,1-11H3/b23-12+/t24-,25-,26-,29+,30+,31+,32-,33-,34+,35+,36-,37-,38-,39-,40+,42+,43+,44-,45-,46+,47-/m1/s1. The molecule has 7 aliphatic rings. The SMILES string of the molecule is C/C=C(\C)C(=O)O[C@@H]1C[C@@H]2[C@@]3(C)CC[C@H](O[C@H]4C[C@H](OC)[C@H](O[C@H]5C[C@H](OC)[C@H](O[C@@H]6O[C@H](C)[C@@H](O)[C@H](OC)[C@H]6O)[C@@H](C)O5)[C@@H](C)O4)CC3=CC[C@@]2(O)[C@@]2(O)CC[C@@](O)(C(C)=O)[C@@]12C. The van der Waals surface area contributed by atoms with Crippen molar-refractivity contribution in [3.63, 3.8) is 0 Å². The smallest absolute Gasteiger partial charge is 0.333 e. The molecule has 0 aromatic heterocycles. The van der Waals surface area contributed by atoms with Crippen molar-refractivity contribution in [2.75, 3.05) is 21.3 Å². The number of allylic oxidation sites excluding steroid dienone is 1. The number of hydrogen-bond acceptors (Lipinski definition) is 17. The van der Waals surface area contributed by atoms with Crippen molar-refractivity contribution >= 4 is 11.8 Å². The number of aliphatic hydroxyl groups excluding tert-OH is 2. The zero-order valence-corrected chi connectivity index (χ0v) is 39.4. The number of fused-ring (bicyclic) bond motifs is 5. The summed E-state index contributed by atoms with van der Waals surface area (Å²) in [6.45, 7) is 13.7. The lowest BCUT2D eigenvalue weighted by molar-refractivity contribution is -0.352. The second-order valence-corrected chi connectivity index (χ2v) is 20.1. The first kappa shape index (κ1) is 50.0. The molecule has 3 aliphatic heterocycles. The predicted octanol–water partition coefficient (Wildman–Crippen LogP) is 2.92. The lowest BCUT2D eigenvalue weighted by atomic mass is 9.42. The van der Waals surface area contributed by atoms with Crippen LogP contribution in [0.4, 0.5) is 0 Å². The van der Waals surface area contributed by atoms with Crippen LogP contribution in [0.25, 0.3) is 0 Å². The largest absolute Gasteiger partial charge is 0.458 e. The molecule has 64 heavy (non-hydrogen) atoms.